The minimum absolute atomic E-state index is 0.286. The first-order valence-electron chi connectivity index (χ1n) is 9.97. The molecule has 0 saturated carbocycles. The molecule has 0 amide bonds. The summed E-state index contributed by atoms with van der Waals surface area (Å²) in [7, 11) is 2.01. The Morgan fingerprint density at radius 3 is 2.41 bits per heavy atom. The molecule has 0 aliphatic rings. The lowest BCUT2D eigenvalue weighted by atomic mass is 10.2. The number of aliphatic hydroxyl groups excluding tert-OH is 1. The first-order valence-corrected chi connectivity index (χ1v) is 10.8. The van der Waals surface area contributed by atoms with Crippen molar-refractivity contribution in [2.45, 2.75) is 32.7 Å². The maximum Gasteiger partial charge on any atom is 0.119 e. The van der Waals surface area contributed by atoms with Crippen LogP contribution in [0.2, 0.25) is 0 Å². The van der Waals surface area contributed by atoms with Gasteiger partial charge in [-0.3, -0.25) is 4.90 Å². The molecule has 1 atom stereocenters. The van der Waals surface area contributed by atoms with E-state index in [0.717, 1.165) is 25.4 Å². The number of likely N-dealkylation sites (N-methyl/N-ethyl adjacent to an activating group) is 1. The second-order valence-electron chi connectivity index (χ2n) is 7.41. The van der Waals surface area contributed by atoms with Crippen molar-refractivity contribution < 1.29 is 9.84 Å². The van der Waals surface area contributed by atoms with Gasteiger partial charge in [0, 0.05) is 35.9 Å². The summed E-state index contributed by atoms with van der Waals surface area (Å²) < 4.78 is 5.76. The maximum absolute atomic E-state index is 10.3. The Morgan fingerprint density at radius 1 is 0.966 bits per heavy atom. The third-order valence-corrected chi connectivity index (χ3v) is 5.61. The van der Waals surface area contributed by atoms with Crippen molar-refractivity contribution >= 4 is 11.3 Å². The van der Waals surface area contributed by atoms with E-state index in [9.17, 15) is 5.11 Å². The van der Waals surface area contributed by atoms with Crippen LogP contribution >= 0.6 is 11.3 Å². The minimum atomic E-state index is -0.528. The molecular weight excluding hydrogens is 380 g/mol. The molecule has 0 radical (unpaired) electrons. The molecule has 0 spiro atoms. The fourth-order valence-corrected chi connectivity index (χ4v) is 4.04. The molecule has 5 heteroatoms. The Bertz CT molecular complexity index is 849. The van der Waals surface area contributed by atoms with Crippen LogP contribution in [-0.4, -0.2) is 36.3 Å². The topological polar surface area (TPSA) is 44.7 Å². The fraction of sp³-hybridized carbons (Fsp3) is 0.333. The van der Waals surface area contributed by atoms with Gasteiger partial charge in [0.15, 0.2) is 0 Å². The molecule has 154 valence electrons. The number of nitrogens with one attached hydrogen (secondary N) is 1. The number of nitrogens with zero attached hydrogens (tertiary/aromatic N) is 1. The molecule has 0 aliphatic heterocycles. The number of thiophene rings is 1. The summed E-state index contributed by atoms with van der Waals surface area (Å²) in [5.74, 6) is 0.785. The van der Waals surface area contributed by atoms with Crippen LogP contribution in [0.1, 0.15) is 20.9 Å². The monoisotopic (exact) mass is 410 g/mol. The number of ether oxygens (including phenoxy) is 1. The van der Waals surface area contributed by atoms with Gasteiger partial charge in [0.25, 0.3) is 0 Å². The van der Waals surface area contributed by atoms with Gasteiger partial charge in [-0.2, -0.15) is 0 Å². The summed E-state index contributed by atoms with van der Waals surface area (Å²) in [6, 6.07) is 22.7. The molecule has 29 heavy (non-hydrogen) atoms. The number of aryl methyl sites for hydroxylation is 1. The quantitative estimate of drug-likeness (QED) is 0.497. The van der Waals surface area contributed by atoms with E-state index in [-0.39, 0.29) is 6.61 Å². The van der Waals surface area contributed by atoms with Crippen LogP contribution in [0.25, 0.3) is 0 Å². The predicted octanol–water partition coefficient (Wildman–Crippen LogP) is 4.22. The molecule has 3 rings (SSSR count). The average Bonchev–Trinajstić information content (AvgIpc) is 3.13. The van der Waals surface area contributed by atoms with E-state index in [1.807, 2.05) is 48.7 Å². The Kier molecular flexibility index (Phi) is 8.25. The highest BCUT2D eigenvalue weighted by atomic mass is 32.1. The van der Waals surface area contributed by atoms with E-state index in [1.54, 1.807) is 0 Å². The number of aliphatic hydroxyl groups is 1. The number of hydrogen-bond donors (Lipinski definition) is 2. The molecule has 1 aromatic heterocycles. The lowest BCUT2D eigenvalue weighted by Gasteiger charge is -2.21. The number of rotatable bonds is 11. The molecule has 0 bridgehead atoms. The van der Waals surface area contributed by atoms with Crippen molar-refractivity contribution in [2.24, 2.45) is 0 Å². The summed E-state index contributed by atoms with van der Waals surface area (Å²) in [4.78, 5) is 4.80. The van der Waals surface area contributed by atoms with E-state index in [2.05, 4.69) is 53.5 Å². The molecule has 0 fully saturated rings. The van der Waals surface area contributed by atoms with Crippen LogP contribution in [0.4, 0.5) is 0 Å². The van der Waals surface area contributed by atoms with Crippen LogP contribution in [0.5, 0.6) is 5.75 Å². The zero-order chi connectivity index (χ0) is 20.5. The van der Waals surface area contributed by atoms with Gasteiger partial charge >= 0.3 is 0 Å². The summed E-state index contributed by atoms with van der Waals surface area (Å²) >= 11 is 1.83. The van der Waals surface area contributed by atoms with Gasteiger partial charge in [0.2, 0.25) is 0 Å². The highest BCUT2D eigenvalue weighted by molar-refractivity contribution is 7.11. The van der Waals surface area contributed by atoms with Gasteiger partial charge in [0.05, 0.1) is 0 Å². The molecule has 0 unspecified atom stereocenters. The summed E-state index contributed by atoms with van der Waals surface area (Å²) in [5.41, 5.74) is 2.45. The zero-order valence-corrected chi connectivity index (χ0v) is 18.0. The van der Waals surface area contributed by atoms with Gasteiger partial charge in [-0.25, -0.2) is 0 Å². The van der Waals surface area contributed by atoms with E-state index in [1.165, 1.54) is 20.9 Å². The highest BCUT2D eigenvalue weighted by Crippen LogP contribution is 2.16. The second kappa shape index (κ2) is 11.1. The molecule has 0 saturated heterocycles. The van der Waals surface area contributed by atoms with Crippen molar-refractivity contribution in [3.63, 3.8) is 0 Å². The first kappa shape index (κ1) is 21.5. The minimum Gasteiger partial charge on any atom is -0.491 e. The van der Waals surface area contributed by atoms with Crippen molar-refractivity contribution in [2.75, 3.05) is 20.2 Å². The standard InChI is InChI=1S/C24H30N2O2S/c1-19-8-13-24(29-19)15-25-14-20-9-11-23(12-10-20)28-18-22(27)17-26(2)16-21-6-4-3-5-7-21/h3-13,22,25,27H,14-18H2,1-2H3/t22-/m1/s1. The van der Waals surface area contributed by atoms with E-state index < -0.39 is 6.10 Å². The number of benzene rings is 2. The molecule has 4 nitrogen and oxygen atoms in total. The van der Waals surface area contributed by atoms with Crippen LogP contribution < -0.4 is 10.1 Å². The van der Waals surface area contributed by atoms with E-state index in [0.29, 0.717) is 6.54 Å². The Balaban J connectivity index is 1.35. The van der Waals surface area contributed by atoms with Gasteiger partial charge in [-0.05, 0) is 49.4 Å². The zero-order valence-electron chi connectivity index (χ0n) is 17.2. The fourth-order valence-electron chi connectivity index (χ4n) is 3.18. The van der Waals surface area contributed by atoms with E-state index in [4.69, 9.17) is 4.74 Å². The lowest BCUT2D eigenvalue weighted by Crippen LogP contribution is -2.32. The molecule has 2 N–H and O–H groups in total. The van der Waals surface area contributed by atoms with Crippen LogP contribution in [0.3, 0.4) is 0 Å². The molecule has 2 aromatic carbocycles. The van der Waals surface area contributed by atoms with Crippen molar-refractivity contribution in [1.82, 2.24) is 10.2 Å². The molecule has 3 aromatic rings. The highest BCUT2D eigenvalue weighted by Gasteiger charge is 2.10. The smallest absolute Gasteiger partial charge is 0.119 e. The van der Waals surface area contributed by atoms with Crippen LogP contribution in [-0.2, 0) is 19.6 Å². The van der Waals surface area contributed by atoms with Gasteiger partial charge in [-0.15, -0.1) is 11.3 Å². The normalized spacial score (nSPS) is 12.3. The first-order chi connectivity index (χ1) is 14.1. The summed E-state index contributed by atoms with van der Waals surface area (Å²) in [6.45, 7) is 5.51. The molecular formula is C24H30N2O2S. The Labute approximate surface area is 177 Å². The predicted molar refractivity (Wildman–Crippen MR) is 120 cm³/mol. The summed E-state index contributed by atoms with van der Waals surface area (Å²) in [5, 5.41) is 13.7. The SMILES string of the molecule is Cc1ccc(CNCc2ccc(OC[C@H](O)CN(C)Cc3ccccc3)cc2)s1. The average molecular weight is 411 g/mol. The van der Waals surface area contributed by atoms with Crippen LogP contribution in [0.15, 0.2) is 66.7 Å². The summed E-state index contributed by atoms with van der Waals surface area (Å²) in [6.07, 6.45) is -0.528. The third kappa shape index (κ3) is 7.63. The van der Waals surface area contributed by atoms with Crippen molar-refractivity contribution in [1.29, 1.82) is 0 Å². The maximum atomic E-state index is 10.3. The van der Waals surface area contributed by atoms with Crippen LogP contribution in [0, 0.1) is 6.92 Å². The number of hydrogen-bond acceptors (Lipinski definition) is 5. The lowest BCUT2D eigenvalue weighted by molar-refractivity contribution is 0.0744. The van der Waals surface area contributed by atoms with Gasteiger partial charge < -0.3 is 15.2 Å². The molecule has 0 aliphatic carbocycles. The third-order valence-electron chi connectivity index (χ3n) is 4.61. The largest absolute Gasteiger partial charge is 0.491 e. The van der Waals surface area contributed by atoms with Crippen molar-refractivity contribution in [3.8, 4) is 5.75 Å². The molecule has 1 heterocycles. The van der Waals surface area contributed by atoms with E-state index >= 15 is 0 Å². The Morgan fingerprint density at radius 2 is 1.72 bits per heavy atom. The van der Waals surface area contributed by atoms with Gasteiger partial charge in [-0.1, -0.05) is 42.5 Å². The van der Waals surface area contributed by atoms with Gasteiger partial charge in [0.1, 0.15) is 18.5 Å². The Hall–Kier alpha value is -2.18. The van der Waals surface area contributed by atoms with Crippen molar-refractivity contribution in [3.05, 3.63) is 87.6 Å². The second-order valence-corrected chi connectivity index (χ2v) is 8.78.